The zero-order valence-corrected chi connectivity index (χ0v) is 14.6. The Balaban J connectivity index is 0.000000704. The highest BCUT2D eigenvalue weighted by Gasteiger charge is 2.56. The van der Waals surface area contributed by atoms with Crippen LogP contribution < -0.4 is 0 Å². The van der Waals surface area contributed by atoms with Gasteiger partial charge in [0.2, 0.25) is 0 Å². The molecule has 0 aromatic carbocycles. The van der Waals surface area contributed by atoms with E-state index in [0.29, 0.717) is 10.8 Å². The maximum absolute atomic E-state index is 4.30. The molecule has 0 bridgehead atoms. The van der Waals surface area contributed by atoms with Crippen molar-refractivity contribution in [1.29, 1.82) is 0 Å². The molecule has 0 heterocycles. The number of hydrogen-bond donors (Lipinski definition) is 0. The third-order valence-corrected chi connectivity index (χ3v) is 7.16. The minimum absolute atomic E-state index is 0.556. The van der Waals surface area contributed by atoms with Crippen LogP contribution >= 0.6 is 0 Å². The second-order valence-corrected chi connectivity index (χ2v) is 8.23. The van der Waals surface area contributed by atoms with Crippen LogP contribution in [0.1, 0.15) is 86.0 Å². The van der Waals surface area contributed by atoms with Crippen LogP contribution in [0.5, 0.6) is 0 Å². The van der Waals surface area contributed by atoms with Crippen molar-refractivity contribution in [3.8, 4) is 0 Å². The van der Waals surface area contributed by atoms with Crippen molar-refractivity contribution in [1.82, 2.24) is 0 Å². The first kappa shape index (κ1) is 16.1. The van der Waals surface area contributed by atoms with Gasteiger partial charge in [-0.15, -0.1) is 0 Å². The van der Waals surface area contributed by atoms with Crippen LogP contribution in [0.25, 0.3) is 0 Å². The molecular formula is C20H36. The van der Waals surface area contributed by atoms with Crippen molar-refractivity contribution in [3.05, 3.63) is 12.2 Å². The van der Waals surface area contributed by atoms with Gasteiger partial charge in [-0.1, -0.05) is 53.2 Å². The zero-order valence-electron chi connectivity index (χ0n) is 14.6. The monoisotopic (exact) mass is 276 g/mol. The van der Waals surface area contributed by atoms with Gasteiger partial charge < -0.3 is 0 Å². The smallest absolute Gasteiger partial charge is 0.0232 e. The van der Waals surface area contributed by atoms with Crippen LogP contribution in [0.3, 0.4) is 0 Å². The normalized spacial score (nSPS) is 47.6. The fourth-order valence-corrected chi connectivity index (χ4v) is 5.66. The van der Waals surface area contributed by atoms with E-state index in [1.165, 1.54) is 56.9 Å². The quantitative estimate of drug-likeness (QED) is 0.437. The Morgan fingerprint density at radius 1 is 1.05 bits per heavy atom. The largest absolute Gasteiger partial charge is 0.0998 e. The van der Waals surface area contributed by atoms with Gasteiger partial charge in [0.25, 0.3) is 0 Å². The Kier molecular flexibility index (Phi) is 4.72. The number of fused-ring (bicyclic) bond motifs is 3. The van der Waals surface area contributed by atoms with E-state index in [9.17, 15) is 0 Å². The number of allylic oxidation sites excluding steroid dienone is 1. The Hall–Kier alpha value is -0.260. The van der Waals surface area contributed by atoms with Gasteiger partial charge in [-0.2, -0.15) is 0 Å². The summed E-state index contributed by atoms with van der Waals surface area (Å²) in [5, 5.41) is 0. The predicted octanol–water partition coefficient (Wildman–Crippen LogP) is 6.61. The summed E-state index contributed by atoms with van der Waals surface area (Å²) in [6.07, 6.45) is 11.5. The highest BCUT2D eigenvalue weighted by Crippen LogP contribution is 2.66. The highest BCUT2D eigenvalue weighted by molar-refractivity contribution is 5.15. The molecule has 3 aliphatic rings. The fraction of sp³-hybridized carbons (Fsp3) is 0.900. The molecule has 0 aromatic heterocycles. The van der Waals surface area contributed by atoms with E-state index >= 15 is 0 Å². The van der Waals surface area contributed by atoms with Crippen LogP contribution in [-0.4, -0.2) is 0 Å². The molecule has 0 aromatic rings. The van der Waals surface area contributed by atoms with Gasteiger partial charge in [0, 0.05) is 0 Å². The molecule has 0 amide bonds. The summed E-state index contributed by atoms with van der Waals surface area (Å²) >= 11 is 0. The first-order chi connectivity index (χ1) is 9.45. The lowest BCUT2D eigenvalue weighted by atomic mass is 9.43. The van der Waals surface area contributed by atoms with Gasteiger partial charge in [0.1, 0.15) is 0 Å². The van der Waals surface area contributed by atoms with Crippen molar-refractivity contribution < 1.29 is 0 Å². The molecule has 0 nitrogen and oxygen atoms in total. The topological polar surface area (TPSA) is 0 Å². The molecule has 0 spiro atoms. The van der Waals surface area contributed by atoms with Gasteiger partial charge in [-0.25, -0.2) is 0 Å². The molecule has 3 fully saturated rings. The lowest BCUT2D eigenvalue weighted by Gasteiger charge is -2.62. The SMILES string of the molecule is C=C1CCC2(C)C3CC(C)CCC3CC[C@]2(C)C1.CC. The summed E-state index contributed by atoms with van der Waals surface area (Å²) in [5.41, 5.74) is 2.68. The first-order valence-electron chi connectivity index (χ1n) is 9.11. The Labute approximate surface area is 127 Å². The molecule has 0 saturated heterocycles. The number of rotatable bonds is 0. The van der Waals surface area contributed by atoms with E-state index in [0.717, 1.165) is 17.8 Å². The summed E-state index contributed by atoms with van der Waals surface area (Å²) in [7, 11) is 0. The van der Waals surface area contributed by atoms with E-state index in [-0.39, 0.29) is 0 Å². The summed E-state index contributed by atoms with van der Waals surface area (Å²) in [5.74, 6) is 3.02. The zero-order chi connectivity index (χ0) is 15.0. The van der Waals surface area contributed by atoms with Gasteiger partial charge in [-0.3, -0.25) is 0 Å². The molecule has 0 N–H and O–H groups in total. The van der Waals surface area contributed by atoms with Crippen molar-refractivity contribution in [3.63, 3.8) is 0 Å². The van der Waals surface area contributed by atoms with Crippen molar-refractivity contribution in [2.75, 3.05) is 0 Å². The highest BCUT2D eigenvalue weighted by atomic mass is 14.6. The fourth-order valence-electron chi connectivity index (χ4n) is 5.66. The first-order valence-corrected chi connectivity index (χ1v) is 9.11. The van der Waals surface area contributed by atoms with E-state index in [2.05, 4.69) is 27.4 Å². The van der Waals surface area contributed by atoms with Crippen LogP contribution in [0.4, 0.5) is 0 Å². The lowest BCUT2D eigenvalue weighted by molar-refractivity contribution is -0.110. The summed E-state index contributed by atoms with van der Waals surface area (Å²) in [6.45, 7) is 16.0. The van der Waals surface area contributed by atoms with E-state index < -0.39 is 0 Å². The maximum atomic E-state index is 4.30. The second kappa shape index (κ2) is 5.85. The third kappa shape index (κ3) is 2.48. The lowest BCUT2D eigenvalue weighted by Crippen LogP contribution is -2.53. The Morgan fingerprint density at radius 2 is 1.75 bits per heavy atom. The van der Waals surface area contributed by atoms with Gasteiger partial charge in [-0.05, 0) is 73.5 Å². The van der Waals surface area contributed by atoms with Crippen LogP contribution in [0, 0.1) is 28.6 Å². The van der Waals surface area contributed by atoms with Gasteiger partial charge in [0.15, 0.2) is 0 Å². The second-order valence-electron chi connectivity index (χ2n) is 8.23. The van der Waals surface area contributed by atoms with Crippen molar-refractivity contribution in [2.45, 2.75) is 86.0 Å². The summed E-state index contributed by atoms with van der Waals surface area (Å²) in [4.78, 5) is 0. The molecule has 0 aliphatic heterocycles. The Morgan fingerprint density at radius 3 is 2.45 bits per heavy atom. The molecule has 3 rings (SSSR count). The molecule has 3 saturated carbocycles. The van der Waals surface area contributed by atoms with Gasteiger partial charge >= 0.3 is 0 Å². The van der Waals surface area contributed by atoms with E-state index in [1.54, 1.807) is 0 Å². The molecule has 3 aliphatic carbocycles. The molecular weight excluding hydrogens is 240 g/mol. The summed E-state index contributed by atoms with van der Waals surface area (Å²) < 4.78 is 0. The molecule has 0 radical (unpaired) electrons. The number of hydrogen-bond acceptors (Lipinski definition) is 0. The van der Waals surface area contributed by atoms with Crippen LogP contribution in [0.2, 0.25) is 0 Å². The minimum atomic E-state index is 0.556. The third-order valence-electron chi connectivity index (χ3n) is 7.16. The molecule has 20 heavy (non-hydrogen) atoms. The van der Waals surface area contributed by atoms with Crippen molar-refractivity contribution >= 4 is 0 Å². The van der Waals surface area contributed by atoms with E-state index in [4.69, 9.17) is 0 Å². The van der Waals surface area contributed by atoms with Crippen molar-refractivity contribution in [2.24, 2.45) is 28.6 Å². The average molecular weight is 277 g/mol. The van der Waals surface area contributed by atoms with Gasteiger partial charge in [0.05, 0.1) is 0 Å². The average Bonchev–Trinajstić information content (AvgIpc) is 2.43. The van der Waals surface area contributed by atoms with Crippen LogP contribution in [0.15, 0.2) is 12.2 Å². The molecule has 116 valence electrons. The molecule has 4 unspecified atom stereocenters. The van der Waals surface area contributed by atoms with E-state index in [1.807, 2.05) is 13.8 Å². The summed E-state index contributed by atoms with van der Waals surface area (Å²) in [6, 6.07) is 0. The molecule has 5 atom stereocenters. The predicted molar refractivity (Wildman–Crippen MR) is 89.8 cm³/mol. The maximum Gasteiger partial charge on any atom is -0.0232 e. The van der Waals surface area contributed by atoms with Crippen LogP contribution in [-0.2, 0) is 0 Å². The standard InChI is InChI=1S/C18H30.C2H6/c1-13-5-6-15-8-9-17(3)12-14(2)7-10-18(17,4)16(15)11-13;1-2/h13,15-16H,2,5-12H2,1,3-4H3;1-2H3/t13?,15?,16?,17-,18?;/m1./s1. The molecule has 0 heteroatoms. The Bertz CT molecular complexity index is 355. The minimum Gasteiger partial charge on any atom is -0.0998 e.